The fourth-order valence-electron chi connectivity index (χ4n) is 2.80. The molecule has 26 heavy (non-hydrogen) atoms. The van der Waals surface area contributed by atoms with Crippen LogP contribution in [0.25, 0.3) is 0 Å². The number of benzene rings is 2. The van der Waals surface area contributed by atoms with Crippen molar-refractivity contribution in [3.05, 3.63) is 64.0 Å². The first-order chi connectivity index (χ1) is 12.5. The number of nitro groups is 1. The van der Waals surface area contributed by atoms with Crippen molar-refractivity contribution in [1.82, 2.24) is 0 Å². The zero-order chi connectivity index (χ0) is 18.7. The first-order valence-corrected chi connectivity index (χ1v) is 8.08. The summed E-state index contributed by atoms with van der Waals surface area (Å²) in [6, 6.07) is 9.95. The van der Waals surface area contributed by atoms with E-state index in [0.717, 1.165) is 10.5 Å². The Hall–Kier alpha value is -3.29. The minimum atomic E-state index is -0.574. The van der Waals surface area contributed by atoms with Crippen LogP contribution in [0.1, 0.15) is 24.8 Å². The summed E-state index contributed by atoms with van der Waals surface area (Å²) in [5.41, 5.74) is 0.959. The van der Waals surface area contributed by atoms with Gasteiger partial charge in [0.2, 0.25) is 11.8 Å². The van der Waals surface area contributed by atoms with Gasteiger partial charge in [-0.15, -0.1) is 0 Å². The van der Waals surface area contributed by atoms with Crippen LogP contribution in [0.2, 0.25) is 0 Å². The van der Waals surface area contributed by atoms with Crippen LogP contribution >= 0.6 is 0 Å². The van der Waals surface area contributed by atoms with Crippen molar-refractivity contribution in [3.8, 4) is 0 Å². The average molecular weight is 357 g/mol. The molecule has 2 aromatic carbocycles. The molecule has 3 rings (SSSR count). The molecule has 7 nitrogen and oxygen atoms in total. The Kier molecular flexibility index (Phi) is 4.92. The van der Waals surface area contributed by atoms with E-state index >= 15 is 0 Å². The van der Waals surface area contributed by atoms with Crippen LogP contribution in [0, 0.1) is 15.9 Å². The monoisotopic (exact) mass is 357 g/mol. The molecule has 1 aliphatic rings. The highest BCUT2D eigenvalue weighted by molar-refractivity contribution is 6.16. The number of anilines is 2. The number of hydrogen-bond donors (Lipinski definition) is 1. The molecule has 0 bridgehead atoms. The smallest absolute Gasteiger partial charge is 0.294 e. The molecule has 1 heterocycles. The number of rotatable bonds is 5. The van der Waals surface area contributed by atoms with Gasteiger partial charge in [-0.05, 0) is 36.2 Å². The van der Waals surface area contributed by atoms with Crippen molar-refractivity contribution < 1.29 is 18.9 Å². The lowest BCUT2D eigenvalue weighted by atomic mass is 10.1. The highest BCUT2D eigenvalue weighted by atomic mass is 19.1. The van der Waals surface area contributed by atoms with E-state index < -0.39 is 4.92 Å². The number of nitrogens with one attached hydrogen (secondary N) is 1. The maximum Gasteiger partial charge on any atom is 0.294 e. The number of imide groups is 1. The van der Waals surface area contributed by atoms with Gasteiger partial charge in [-0.3, -0.25) is 24.6 Å². The summed E-state index contributed by atoms with van der Waals surface area (Å²) in [5, 5.41) is 14.3. The Bertz CT molecular complexity index is 851. The fraction of sp³-hybridized carbons (Fsp3) is 0.222. The van der Waals surface area contributed by atoms with Crippen LogP contribution in [0.5, 0.6) is 0 Å². The Morgan fingerprint density at radius 2 is 1.73 bits per heavy atom. The summed E-state index contributed by atoms with van der Waals surface area (Å²) in [5.74, 6) is -1.08. The zero-order valence-corrected chi connectivity index (χ0v) is 13.8. The van der Waals surface area contributed by atoms with Crippen molar-refractivity contribution >= 4 is 28.9 Å². The van der Waals surface area contributed by atoms with Gasteiger partial charge in [-0.25, -0.2) is 4.39 Å². The predicted molar refractivity (Wildman–Crippen MR) is 93.2 cm³/mol. The van der Waals surface area contributed by atoms with Gasteiger partial charge in [-0.1, -0.05) is 12.1 Å². The number of carbonyl (C=O) groups excluding carboxylic acids is 2. The summed E-state index contributed by atoms with van der Waals surface area (Å²) >= 11 is 0. The Morgan fingerprint density at radius 3 is 2.35 bits per heavy atom. The molecule has 0 spiro atoms. The third kappa shape index (κ3) is 3.69. The molecular formula is C18H16FN3O4. The number of halogens is 1. The van der Waals surface area contributed by atoms with E-state index in [1.807, 2.05) is 0 Å². The molecule has 134 valence electrons. The van der Waals surface area contributed by atoms with Crippen molar-refractivity contribution in [3.63, 3.8) is 0 Å². The molecule has 1 aliphatic heterocycles. The van der Waals surface area contributed by atoms with Crippen LogP contribution in [0.3, 0.4) is 0 Å². The minimum Gasteiger partial charge on any atom is -0.375 e. The van der Waals surface area contributed by atoms with Crippen molar-refractivity contribution in [2.24, 2.45) is 0 Å². The standard InChI is InChI=1S/C18H16FN3O4/c19-13-6-4-12(5-7-13)11-20-15-9-8-14(10-16(15)22(25)26)21-17(23)2-1-3-18(21)24/h4-10,20H,1-3,11H2. The summed E-state index contributed by atoms with van der Waals surface area (Å²) in [4.78, 5) is 35.8. The number of nitrogens with zero attached hydrogens (tertiary/aromatic N) is 2. The Morgan fingerprint density at radius 1 is 1.08 bits per heavy atom. The Labute approximate surface area is 148 Å². The van der Waals surface area contributed by atoms with Crippen LogP contribution in [-0.2, 0) is 16.1 Å². The van der Waals surface area contributed by atoms with E-state index in [0.29, 0.717) is 6.42 Å². The third-order valence-corrected chi connectivity index (χ3v) is 4.11. The van der Waals surface area contributed by atoms with E-state index in [1.165, 1.54) is 30.3 Å². The molecule has 1 saturated heterocycles. The van der Waals surface area contributed by atoms with Gasteiger partial charge in [0.1, 0.15) is 11.5 Å². The van der Waals surface area contributed by atoms with E-state index in [4.69, 9.17) is 0 Å². The second-order valence-corrected chi connectivity index (χ2v) is 5.92. The van der Waals surface area contributed by atoms with Gasteiger partial charge >= 0.3 is 0 Å². The van der Waals surface area contributed by atoms with Crippen LogP contribution in [0.15, 0.2) is 42.5 Å². The predicted octanol–water partition coefficient (Wildman–Crippen LogP) is 3.39. The number of piperidine rings is 1. The van der Waals surface area contributed by atoms with Crippen LogP contribution < -0.4 is 10.2 Å². The fourth-order valence-corrected chi connectivity index (χ4v) is 2.80. The van der Waals surface area contributed by atoms with Crippen molar-refractivity contribution in [2.75, 3.05) is 10.2 Å². The van der Waals surface area contributed by atoms with Gasteiger partial charge in [0.15, 0.2) is 0 Å². The molecule has 0 radical (unpaired) electrons. The number of nitro benzene ring substituents is 1. The van der Waals surface area contributed by atoms with Crippen molar-refractivity contribution in [1.29, 1.82) is 0 Å². The summed E-state index contributed by atoms with van der Waals surface area (Å²) in [6.45, 7) is 0.266. The van der Waals surface area contributed by atoms with Crippen molar-refractivity contribution in [2.45, 2.75) is 25.8 Å². The lowest BCUT2D eigenvalue weighted by Gasteiger charge is -2.25. The maximum absolute atomic E-state index is 12.9. The van der Waals surface area contributed by atoms with Gasteiger partial charge in [0.25, 0.3) is 5.69 Å². The summed E-state index contributed by atoms with van der Waals surface area (Å²) < 4.78 is 12.9. The zero-order valence-electron chi connectivity index (χ0n) is 13.8. The van der Waals surface area contributed by atoms with E-state index in [9.17, 15) is 24.1 Å². The number of hydrogen-bond acceptors (Lipinski definition) is 5. The molecule has 0 atom stereocenters. The SMILES string of the molecule is O=C1CCCC(=O)N1c1ccc(NCc2ccc(F)cc2)c([N+](=O)[O-])c1. The quantitative estimate of drug-likeness (QED) is 0.503. The highest BCUT2D eigenvalue weighted by Crippen LogP contribution is 2.32. The third-order valence-electron chi connectivity index (χ3n) is 4.11. The van der Waals surface area contributed by atoms with Gasteiger partial charge in [-0.2, -0.15) is 0 Å². The topological polar surface area (TPSA) is 92.6 Å². The number of carbonyl (C=O) groups is 2. The molecule has 0 aliphatic carbocycles. The maximum atomic E-state index is 12.9. The summed E-state index contributed by atoms with van der Waals surface area (Å²) in [6.07, 6.45) is 0.974. The molecule has 2 amide bonds. The second-order valence-electron chi connectivity index (χ2n) is 5.92. The van der Waals surface area contributed by atoms with Gasteiger partial charge < -0.3 is 5.32 Å². The summed E-state index contributed by atoms with van der Waals surface area (Å²) in [7, 11) is 0. The van der Waals surface area contributed by atoms with E-state index in [1.54, 1.807) is 12.1 Å². The molecule has 2 aromatic rings. The second kappa shape index (κ2) is 7.30. The van der Waals surface area contributed by atoms with Crippen LogP contribution in [0.4, 0.5) is 21.5 Å². The van der Waals surface area contributed by atoms with Crippen LogP contribution in [-0.4, -0.2) is 16.7 Å². The lowest BCUT2D eigenvalue weighted by Crippen LogP contribution is -2.40. The first-order valence-electron chi connectivity index (χ1n) is 8.08. The highest BCUT2D eigenvalue weighted by Gasteiger charge is 2.29. The molecule has 0 saturated carbocycles. The molecule has 1 N–H and O–H groups in total. The number of amides is 2. The average Bonchev–Trinajstić information content (AvgIpc) is 2.61. The Balaban J connectivity index is 1.84. The van der Waals surface area contributed by atoms with Gasteiger partial charge in [0, 0.05) is 25.5 Å². The molecule has 0 aromatic heterocycles. The molecule has 0 unspecified atom stereocenters. The normalized spacial score (nSPS) is 14.4. The first kappa shape index (κ1) is 17.5. The van der Waals surface area contributed by atoms with E-state index in [-0.39, 0.29) is 54.1 Å². The molecular weight excluding hydrogens is 341 g/mol. The largest absolute Gasteiger partial charge is 0.375 e. The lowest BCUT2D eigenvalue weighted by molar-refractivity contribution is -0.383. The van der Waals surface area contributed by atoms with E-state index in [2.05, 4.69) is 5.32 Å². The molecule has 8 heteroatoms. The minimum absolute atomic E-state index is 0.193. The molecule has 1 fully saturated rings. The van der Waals surface area contributed by atoms with Gasteiger partial charge in [0.05, 0.1) is 10.6 Å².